The minimum Gasteiger partial charge on any atom is -0.448 e. The van der Waals surface area contributed by atoms with Gasteiger partial charge in [0.25, 0.3) is 5.91 Å². The van der Waals surface area contributed by atoms with Gasteiger partial charge in [0.1, 0.15) is 0 Å². The van der Waals surface area contributed by atoms with Crippen LogP contribution in [0.1, 0.15) is 25.0 Å². The van der Waals surface area contributed by atoms with Gasteiger partial charge in [0.15, 0.2) is 6.04 Å². The van der Waals surface area contributed by atoms with Crippen molar-refractivity contribution in [2.45, 2.75) is 26.8 Å². The summed E-state index contributed by atoms with van der Waals surface area (Å²) in [6, 6.07) is 6.62. The summed E-state index contributed by atoms with van der Waals surface area (Å²) in [6.07, 6.45) is 0.0495. The maximum Gasteiger partial charge on any atom is 0.450 e. The lowest BCUT2D eigenvalue weighted by Crippen LogP contribution is -2.75. The molecule has 0 N–H and O–H groups in total. The van der Waals surface area contributed by atoms with Crippen LogP contribution in [0.4, 0.5) is 9.59 Å². The van der Waals surface area contributed by atoms with Crippen molar-refractivity contribution in [3.8, 4) is 0 Å². The van der Waals surface area contributed by atoms with Crippen LogP contribution in [0.5, 0.6) is 0 Å². The lowest BCUT2D eigenvalue weighted by atomic mass is 10.0. The van der Waals surface area contributed by atoms with Crippen molar-refractivity contribution in [2.24, 2.45) is 0 Å². The van der Waals surface area contributed by atoms with Crippen LogP contribution < -0.4 is 0 Å². The van der Waals surface area contributed by atoms with Gasteiger partial charge in [0.2, 0.25) is 0 Å². The molecule has 3 amide bonds. The van der Waals surface area contributed by atoms with E-state index >= 15 is 0 Å². The van der Waals surface area contributed by atoms with E-state index in [1.807, 2.05) is 31.2 Å². The fourth-order valence-electron chi connectivity index (χ4n) is 3.01. The SMILES string of the molecule is CCOC(=O)N1[C@H]2C=C(c3ccc(C)cc3)N(N(C)C2=O)N1C(=O)OCC. The topological polar surface area (TPSA) is 82.6 Å². The number of rotatable bonds is 3. The number of carbonyl (C=O) groups is 3. The summed E-state index contributed by atoms with van der Waals surface area (Å²) in [5.41, 5.74) is 2.47. The summed E-state index contributed by atoms with van der Waals surface area (Å²) < 4.78 is 10.2. The lowest BCUT2D eigenvalue weighted by molar-refractivity contribution is -0.245. The molecule has 1 saturated heterocycles. The summed E-state index contributed by atoms with van der Waals surface area (Å²) >= 11 is 0. The number of benzene rings is 1. The van der Waals surface area contributed by atoms with Crippen molar-refractivity contribution in [2.75, 3.05) is 20.3 Å². The molecule has 0 aromatic heterocycles. The number of carbonyl (C=O) groups excluding carboxylic acids is 3. The van der Waals surface area contributed by atoms with Gasteiger partial charge in [0.05, 0.1) is 18.9 Å². The molecule has 3 heterocycles. The van der Waals surface area contributed by atoms with E-state index in [1.165, 1.54) is 17.2 Å². The number of ether oxygens (including phenoxy) is 2. The predicted molar refractivity (Wildman–Crippen MR) is 95.3 cm³/mol. The van der Waals surface area contributed by atoms with Crippen LogP contribution >= 0.6 is 0 Å². The number of aryl methyl sites for hydroxylation is 1. The first-order valence-corrected chi connectivity index (χ1v) is 8.69. The van der Waals surface area contributed by atoms with Crippen molar-refractivity contribution in [3.05, 3.63) is 41.5 Å². The fraction of sp³-hybridized carbons (Fsp3) is 0.389. The third kappa shape index (κ3) is 3.05. The van der Waals surface area contributed by atoms with Crippen molar-refractivity contribution >= 4 is 23.8 Å². The minimum absolute atomic E-state index is 0.108. The Bertz CT molecular complexity index is 791. The molecule has 0 radical (unpaired) electrons. The summed E-state index contributed by atoms with van der Waals surface area (Å²) in [5.74, 6) is -0.362. The van der Waals surface area contributed by atoms with Crippen LogP contribution in [-0.4, -0.2) is 64.7 Å². The number of amides is 3. The Hall–Kier alpha value is -3.23. The van der Waals surface area contributed by atoms with E-state index < -0.39 is 18.2 Å². The molecule has 3 aliphatic rings. The van der Waals surface area contributed by atoms with Gasteiger partial charge in [0, 0.05) is 12.6 Å². The largest absolute Gasteiger partial charge is 0.450 e. The number of hydrogen-bond acceptors (Lipinski definition) is 6. The second-order valence-electron chi connectivity index (χ2n) is 6.05. The zero-order valence-electron chi connectivity index (χ0n) is 15.7. The molecule has 1 atom stereocenters. The maximum atomic E-state index is 12.7. The molecule has 0 aliphatic carbocycles. The van der Waals surface area contributed by atoms with Crippen molar-refractivity contribution in [1.82, 2.24) is 20.3 Å². The van der Waals surface area contributed by atoms with Crippen molar-refractivity contribution < 1.29 is 23.9 Å². The second-order valence-corrected chi connectivity index (χ2v) is 6.05. The highest BCUT2D eigenvalue weighted by Crippen LogP contribution is 2.36. The van der Waals surface area contributed by atoms with E-state index in [0.717, 1.165) is 21.3 Å². The zero-order valence-corrected chi connectivity index (χ0v) is 15.7. The van der Waals surface area contributed by atoms with E-state index in [1.54, 1.807) is 19.9 Å². The van der Waals surface area contributed by atoms with Crippen LogP contribution in [0, 0.1) is 6.92 Å². The van der Waals surface area contributed by atoms with Crippen LogP contribution in [0.25, 0.3) is 5.70 Å². The van der Waals surface area contributed by atoms with E-state index in [9.17, 15) is 14.4 Å². The van der Waals surface area contributed by atoms with Gasteiger partial charge in [-0.25, -0.2) is 14.6 Å². The van der Waals surface area contributed by atoms with Gasteiger partial charge < -0.3 is 9.47 Å². The van der Waals surface area contributed by atoms with Crippen LogP contribution in [-0.2, 0) is 14.3 Å². The average Bonchev–Trinajstić information content (AvgIpc) is 2.65. The van der Waals surface area contributed by atoms with Gasteiger partial charge in [-0.1, -0.05) is 34.9 Å². The van der Waals surface area contributed by atoms with Gasteiger partial charge in [-0.05, 0) is 26.8 Å². The van der Waals surface area contributed by atoms with Crippen LogP contribution in [0.3, 0.4) is 0 Å². The molecular weight excluding hydrogens is 352 g/mol. The summed E-state index contributed by atoms with van der Waals surface area (Å²) in [6.45, 7) is 5.50. The molecule has 9 nitrogen and oxygen atoms in total. The smallest absolute Gasteiger partial charge is 0.448 e. The van der Waals surface area contributed by atoms with Gasteiger partial charge >= 0.3 is 12.2 Å². The molecule has 0 saturated carbocycles. The first-order valence-electron chi connectivity index (χ1n) is 8.69. The Kier molecular flexibility index (Phi) is 4.93. The first-order chi connectivity index (χ1) is 12.9. The number of likely N-dealkylation sites (N-methyl/N-ethyl adjacent to an activating group) is 1. The molecule has 1 fully saturated rings. The zero-order chi connectivity index (χ0) is 19.7. The maximum absolute atomic E-state index is 12.7. The number of hydrazine groups is 3. The summed E-state index contributed by atoms with van der Waals surface area (Å²) in [5, 5.41) is 4.58. The molecule has 9 heteroatoms. The number of fused-ring (bicyclic) bond motifs is 2. The highest BCUT2D eigenvalue weighted by molar-refractivity contribution is 5.94. The summed E-state index contributed by atoms with van der Waals surface area (Å²) in [7, 11) is 1.53. The minimum atomic E-state index is -1.01. The molecule has 27 heavy (non-hydrogen) atoms. The third-order valence-corrected chi connectivity index (χ3v) is 4.27. The van der Waals surface area contributed by atoms with E-state index in [-0.39, 0.29) is 19.1 Å². The summed E-state index contributed by atoms with van der Waals surface area (Å²) in [4.78, 5) is 37.8. The molecule has 0 unspecified atom stereocenters. The molecule has 2 bridgehead atoms. The lowest BCUT2D eigenvalue weighted by Gasteiger charge is -2.54. The third-order valence-electron chi connectivity index (χ3n) is 4.27. The monoisotopic (exact) mass is 374 g/mol. The highest BCUT2D eigenvalue weighted by atomic mass is 16.6. The predicted octanol–water partition coefficient (Wildman–Crippen LogP) is 2.15. The standard InChI is InChI=1S/C18H22N4O5/c1-5-26-17(24)20-15-11-14(13-9-7-12(3)8-10-13)21(19(4)16(15)23)22(20)18(25)27-6-2/h7-11,15H,5-6H2,1-4H3/t15-/m0/s1. The Labute approximate surface area is 157 Å². The quantitative estimate of drug-likeness (QED) is 0.806. The Morgan fingerprint density at radius 2 is 1.63 bits per heavy atom. The fourth-order valence-corrected chi connectivity index (χ4v) is 3.01. The van der Waals surface area contributed by atoms with Crippen molar-refractivity contribution in [1.29, 1.82) is 0 Å². The van der Waals surface area contributed by atoms with Gasteiger partial charge in [-0.3, -0.25) is 4.79 Å². The van der Waals surface area contributed by atoms with Crippen molar-refractivity contribution in [3.63, 3.8) is 0 Å². The second kappa shape index (κ2) is 7.18. The van der Waals surface area contributed by atoms with Crippen LogP contribution in [0.2, 0.25) is 0 Å². The van der Waals surface area contributed by atoms with E-state index in [4.69, 9.17) is 9.47 Å². The molecule has 3 aliphatic heterocycles. The van der Waals surface area contributed by atoms with Gasteiger partial charge in [-0.15, -0.1) is 0 Å². The van der Waals surface area contributed by atoms with E-state index in [2.05, 4.69) is 0 Å². The highest BCUT2D eigenvalue weighted by Gasteiger charge is 2.53. The molecular formula is C18H22N4O5. The number of hydrogen-bond donors (Lipinski definition) is 0. The Morgan fingerprint density at radius 3 is 2.22 bits per heavy atom. The molecule has 1 aromatic carbocycles. The normalized spacial score (nSPS) is 18.6. The van der Waals surface area contributed by atoms with Gasteiger partial charge in [-0.2, -0.15) is 10.1 Å². The average molecular weight is 374 g/mol. The molecule has 0 spiro atoms. The molecule has 4 rings (SSSR count). The molecule has 144 valence electrons. The number of nitrogens with zero attached hydrogens (tertiary/aromatic N) is 4. The molecule has 1 aromatic rings. The Morgan fingerprint density at radius 1 is 1.04 bits per heavy atom. The first kappa shape index (κ1) is 18.6. The van der Waals surface area contributed by atoms with E-state index in [0.29, 0.717) is 5.70 Å². The van der Waals surface area contributed by atoms with Crippen LogP contribution in [0.15, 0.2) is 30.3 Å². The Balaban J connectivity index is 2.11.